The Kier molecular flexibility index (Phi) is 6.19. The maximum Gasteiger partial charge on any atom is 0.501 e. The number of primary amides is 1. The van der Waals surface area contributed by atoms with E-state index in [4.69, 9.17) is 0 Å². The molecule has 1 aromatic rings. The molecule has 0 atom stereocenters. The fourth-order valence-electron chi connectivity index (χ4n) is 0.733. The van der Waals surface area contributed by atoms with E-state index in [2.05, 4.69) is 18.4 Å². The third-order valence-corrected chi connectivity index (χ3v) is 3.33. The lowest BCUT2D eigenvalue weighted by molar-refractivity contribution is -0.115. The Bertz CT molecular complexity index is 486. The molecule has 0 saturated heterocycles. The first-order valence-corrected chi connectivity index (χ1v) is 6.50. The van der Waals surface area contributed by atoms with Gasteiger partial charge < -0.3 is 5.73 Å². The number of carbonyl (C=O) groups excluding carboxylic acids is 1. The van der Waals surface area contributed by atoms with Crippen molar-refractivity contribution in [1.82, 2.24) is 0 Å². The highest BCUT2D eigenvalue weighted by atomic mass is 32.2. The number of rotatable bonds is 2. The van der Waals surface area contributed by atoms with Gasteiger partial charge in [0.1, 0.15) is 0 Å². The lowest BCUT2D eigenvalue weighted by Gasteiger charge is -2.06. The van der Waals surface area contributed by atoms with E-state index in [1.165, 1.54) is 18.2 Å². The smallest absolute Gasteiger partial charge is 0.369 e. The molecule has 9 heteroatoms. The van der Waals surface area contributed by atoms with Crippen LogP contribution in [0.4, 0.5) is 13.2 Å². The first kappa shape index (κ1) is 16.8. The molecule has 0 spiro atoms. The van der Waals surface area contributed by atoms with Crippen molar-refractivity contribution in [2.75, 3.05) is 5.75 Å². The Labute approximate surface area is 107 Å². The van der Waals surface area contributed by atoms with Crippen molar-refractivity contribution >= 4 is 28.4 Å². The Morgan fingerprint density at radius 2 is 1.61 bits per heavy atom. The van der Waals surface area contributed by atoms with Gasteiger partial charge >= 0.3 is 5.51 Å². The zero-order valence-corrected chi connectivity index (χ0v) is 10.6. The van der Waals surface area contributed by atoms with Crippen LogP contribution >= 0.6 is 12.6 Å². The Hall–Kier alpha value is -1.22. The van der Waals surface area contributed by atoms with Crippen molar-refractivity contribution in [3.63, 3.8) is 0 Å². The van der Waals surface area contributed by atoms with E-state index < -0.39 is 20.2 Å². The van der Waals surface area contributed by atoms with Gasteiger partial charge in [-0.1, -0.05) is 18.2 Å². The van der Waals surface area contributed by atoms with Crippen molar-refractivity contribution in [3.8, 4) is 0 Å². The van der Waals surface area contributed by atoms with Crippen molar-refractivity contribution in [1.29, 1.82) is 0 Å². The molecule has 0 unspecified atom stereocenters. The van der Waals surface area contributed by atoms with E-state index in [9.17, 15) is 26.4 Å². The van der Waals surface area contributed by atoms with E-state index in [1.54, 1.807) is 0 Å². The summed E-state index contributed by atoms with van der Waals surface area (Å²) in [4.78, 5) is 8.78. The monoisotopic (exact) mass is 301 g/mol. The van der Waals surface area contributed by atoms with Crippen LogP contribution in [-0.4, -0.2) is 25.6 Å². The molecule has 0 radical (unpaired) electrons. The van der Waals surface area contributed by atoms with Crippen LogP contribution in [0.5, 0.6) is 0 Å². The van der Waals surface area contributed by atoms with E-state index in [-0.39, 0.29) is 11.7 Å². The van der Waals surface area contributed by atoms with Gasteiger partial charge in [-0.2, -0.15) is 25.8 Å². The van der Waals surface area contributed by atoms with Gasteiger partial charge in [0.25, 0.3) is 9.84 Å². The fourth-order valence-corrected chi connectivity index (χ4v) is 1.52. The summed E-state index contributed by atoms with van der Waals surface area (Å²) in [5.41, 5.74) is -0.651. The maximum atomic E-state index is 11.9. The molecule has 1 rings (SSSR count). The molecule has 0 aliphatic rings. The van der Waals surface area contributed by atoms with Crippen molar-refractivity contribution in [2.45, 2.75) is 10.4 Å². The van der Waals surface area contributed by atoms with E-state index >= 15 is 0 Å². The first-order chi connectivity index (χ1) is 8.13. The van der Waals surface area contributed by atoms with Gasteiger partial charge in [-0.05, 0) is 12.1 Å². The minimum Gasteiger partial charge on any atom is -0.369 e. The quantitative estimate of drug-likeness (QED) is 0.810. The molecule has 0 aliphatic carbocycles. The van der Waals surface area contributed by atoms with Crippen LogP contribution in [0.15, 0.2) is 35.2 Å². The summed E-state index contributed by atoms with van der Waals surface area (Å²) in [6.45, 7) is 0. The molecular weight excluding hydrogens is 291 g/mol. The minimum absolute atomic E-state index is 0.139. The molecule has 102 valence electrons. The third-order valence-electron chi connectivity index (χ3n) is 1.51. The zero-order chi connectivity index (χ0) is 14.4. The number of hydrogen-bond acceptors (Lipinski definition) is 4. The number of benzene rings is 1. The van der Waals surface area contributed by atoms with Crippen LogP contribution in [0.2, 0.25) is 0 Å². The lowest BCUT2D eigenvalue weighted by atomic mass is 10.4. The van der Waals surface area contributed by atoms with Gasteiger partial charge in [0.15, 0.2) is 0 Å². The predicted molar refractivity (Wildman–Crippen MR) is 62.7 cm³/mol. The number of amides is 1. The first-order valence-electron chi connectivity index (χ1n) is 4.38. The summed E-state index contributed by atoms with van der Waals surface area (Å²) >= 11 is 3.54. The molecule has 1 aromatic carbocycles. The number of alkyl halides is 3. The zero-order valence-electron chi connectivity index (χ0n) is 8.89. The molecule has 0 heterocycles. The number of thiol groups is 1. The second-order valence-corrected chi connectivity index (χ2v) is 5.14. The largest absolute Gasteiger partial charge is 0.501 e. The van der Waals surface area contributed by atoms with Crippen LogP contribution in [-0.2, 0) is 14.6 Å². The third kappa shape index (κ3) is 4.96. The summed E-state index contributed by atoms with van der Waals surface area (Å²) in [5.74, 6) is -0.242. The number of hydrogen-bond donors (Lipinski definition) is 2. The standard InChI is InChI=1S/C7H5F3O2S.C2H5NOS/c8-7(9,10)13(11,12)6-4-2-1-3-5-6;3-2(4)1-5/h1-5H;5H,1H2,(H2,3,4). The van der Waals surface area contributed by atoms with Gasteiger partial charge in [-0.15, -0.1) is 0 Å². The topological polar surface area (TPSA) is 77.2 Å². The van der Waals surface area contributed by atoms with Crippen molar-refractivity contribution < 1.29 is 26.4 Å². The van der Waals surface area contributed by atoms with E-state index in [0.717, 1.165) is 12.1 Å². The second kappa shape index (κ2) is 6.64. The maximum absolute atomic E-state index is 11.9. The lowest BCUT2D eigenvalue weighted by Crippen LogP contribution is -2.23. The molecular formula is C9H10F3NO3S2. The van der Waals surface area contributed by atoms with Crippen LogP contribution in [0.3, 0.4) is 0 Å². The number of carbonyl (C=O) groups is 1. The highest BCUT2D eigenvalue weighted by Gasteiger charge is 2.46. The summed E-state index contributed by atoms with van der Waals surface area (Å²) in [6, 6.07) is 5.72. The SMILES string of the molecule is NC(=O)CS.O=S(=O)(c1ccccc1)C(F)(F)F. The molecule has 0 aromatic heterocycles. The molecule has 2 N–H and O–H groups in total. The Morgan fingerprint density at radius 1 is 1.22 bits per heavy atom. The van der Waals surface area contributed by atoms with Crippen molar-refractivity contribution in [3.05, 3.63) is 30.3 Å². The van der Waals surface area contributed by atoms with Gasteiger partial charge in [0.2, 0.25) is 5.91 Å². The van der Waals surface area contributed by atoms with Crippen molar-refractivity contribution in [2.24, 2.45) is 5.73 Å². The highest BCUT2D eigenvalue weighted by Crippen LogP contribution is 2.29. The van der Waals surface area contributed by atoms with Crippen LogP contribution < -0.4 is 5.73 Å². The Balaban J connectivity index is 0.000000494. The van der Waals surface area contributed by atoms with Crippen LogP contribution in [0.1, 0.15) is 0 Å². The summed E-state index contributed by atoms with van der Waals surface area (Å²) < 4.78 is 57.3. The predicted octanol–water partition coefficient (Wildman–Crippen LogP) is 1.38. The van der Waals surface area contributed by atoms with Gasteiger partial charge in [0, 0.05) is 0 Å². The molecule has 18 heavy (non-hydrogen) atoms. The molecule has 0 fully saturated rings. The number of nitrogens with two attached hydrogens (primary N) is 1. The molecule has 1 amide bonds. The summed E-state index contributed by atoms with van der Waals surface area (Å²) in [6.07, 6.45) is 0. The van der Waals surface area contributed by atoms with Crippen LogP contribution in [0.25, 0.3) is 0 Å². The molecule has 4 nitrogen and oxygen atoms in total. The molecule has 0 saturated carbocycles. The average molecular weight is 301 g/mol. The summed E-state index contributed by atoms with van der Waals surface area (Å²) in [7, 11) is -5.18. The van der Waals surface area contributed by atoms with E-state index in [0.29, 0.717) is 0 Å². The van der Waals surface area contributed by atoms with Crippen LogP contribution in [0, 0.1) is 0 Å². The second-order valence-electron chi connectivity index (χ2n) is 2.89. The summed E-state index contributed by atoms with van der Waals surface area (Å²) in [5, 5.41) is 0. The fraction of sp³-hybridized carbons (Fsp3) is 0.222. The molecule has 0 aliphatic heterocycles. The number of halogens is 3. The van der Waals surface area contributed by atoms with Gasteiger partial charge in [0.05, 0.1) is 10.6 Å². The minimum atomic E-state index is -5.23. The Morgan fingerprint density at radius 3 is 1.89 bits per heavy atom. The van der Waals surface area contributed by atoms with Gasteiger partial charge in [-0.3, -0.25) is 4.79 Å². The normalized spacial score (nSPS) is 11.3. The van der Waals surface area contributed by atoms with Gasteiger partial charge in [-0.25, -0.2) is 8.42 Å². The highest BCUT2D eigenvalue weighted by molar-refractivity contribution is 7.92. The number of sulfone groups is 1. The average Bonchev–Trinajstić information content (AvgIpc) is 2.29. The molecule has 0 bridgehead atoms. The van der Waals surface area contributed by atoms with E-state index in [1.807, 2.05) is 0 Å².